The zero-order chi connectivity index (χ0) is 20.5. The maximum Gasteiger partial charge on any atom is 0.295 e. The maximum atomic E-state index is 12.9. The van der Waals surface area contributed by atoms with E-state index in [9.17, 15) is 14.7 Å². The zero-order valence-electron chi connectivity index (χ0n) is 16.3. The second-order valence-electron chi connectivity index (χ2n) is 7.17. The van der Waals surface area contributed by atoms with Gasteiger partial charge in [0.25, 0.3) is 11.7 Å². The summed E-state index contributed by atoms with van der Waals surface area (Å²) < 4.78 is 11.1. The van der Waals surface area contributed by atoms with Crippen LogP contribution in [-0.4, -0.2) is 67.0 Å². The molecule has 29 heavy (non-hydrogen) atoms. The summed E-state index contributed by atoms with van der Waals surface area (Å²) >= 11 is 1.45. The van der Waals surface area contributed by atoms with Crippen LogP contribution in [0.5, 0.6) is 11.5 Å². The van der Waals surface area contributed by atoms with Gasteiger partial charge in [-0.15, -0.1) is 11.3 Å². The minimum absolute atomic E-state index is 0.105. The highest BCUT2D eigenvalue weighted by Crippen LogP contribution is 2.42. The second kappa shape index (κ2) is 7.88. The number of amides is 1. The van der Waals surface area contributed by atoms with Crippen molar-refractivity contribution in [2.75, 3.05) is 40.4 Å². The Morgan fingerprint density at radius 2 is 1.97 bits per heavy atom. The Morgan fingerprint density at radius 3 is 2.66 bits per heavy atom. The topological polar surface area (TPSA) is 79.3 Å². The number of ether oxygens (including phenoxy) is 2. The third-order valence-electron chi connectivity index (χ3n) is 4.96. The van der Waals surface area contributed by atoms with Crippen LogP contribution in [0.3, 0.4) is 0 Å². The van der Waals surface area contributed by atoms with Crippen LogP contribution < -0.4 is 9.47 Å². The average Bonchev–Trinajstić information content (AvgIpc) is 3.33. The van der Waals surface area contributed by atoms with Gasteiger partial charge < -0.3 is 24.4 Å². The van der Waals surface area contributed by atoms with Gasteiger partial charge in [-0.1, -0.05) is 6.07 Å². The Balaban J connectivity index is 1.79. The van der Waals surface area contributed by atoms with E-state index >= 15 is 0 Å². The Morgan fingerprint density at radius 1 is 1.21 bits per heavy atom. The van der Waals surface area contributed by atoms with E-state index in [-0.39, 0.29) is 11.3 Å². The van der Waals surface area contributed by atoms with Crippen molar-refractivity contribution in [3.8, 4) is 11.5 Å². The van der Waals surface area contributed by atoms with E-state index in [0.717, 1.165) is 4.88 Å². The van der Waals surface area contributed by atoms with Crippen molar-refractivity contribution in [1.82, 2.24) is 9.80 Å². The van der Waals surface area contributed by atoms with Gasteiger partial charge in [-0.2, -0.15) is 0 Å². The molecule has 1 aromatic heterocycles. The van der Waals surface area contributed by atoms with Gasteiger partial charge in [0.1, 0.15) is 19.0 Å². The van der Waals surface area contributed by atoms with Gasteiger partial charge in [-0.25, -0.2) is 0 Å². The SMILES string of the molecule is CN(C)CCN1C(=O)C(=O)/C(=C(/O)c2ccc3c(c2)OCCO3)[C@H]1c1cccs1. The van der Waals surface area contributed by atoms with Crippen molar-refractivity contribution < 1.29 is 24.2 Å². The summed E-state index contributed by atoms with van der Waals surface area (Å²) in [5, 5.41) is 12.9. The van der Waals surface area contributed by atoms with Gasteiger partial charge >= 0.3 is 0 Å². The third-order valence-corrected chi connectivity index (χ3v) is 5.88. The Labute approximate surface area is 172 Å². The van der Waals surface area contributed by atoms with Gasteiger partial charge in [0.2, 0.25) is 0 Å². The summed E-state index contributed by atoms with van der Waals surface area (Å²) in [6.07, 6.45) is 0. The first kappa shape index (κ1) is 19.5. The predicted octanol–water partition coefficient (Wildman–Crippen LogP) is 2.50. The fourth-order valence-corrected chi connectivity index (χ4v) is 4.35. The number of fused-ring (bicyclic) bond motifs is 1. The molecule has 1 saturated heterocycles. The quantitative estimate of drug-likeness (QED) is 0.460. The number of aliphatic hydroxyl groups excluding tert-OH is 1. The largest absolute Gasteiger partial charge is 0.507 e. The summed E-state index contributed by atoms with van der Waals surface area (Å²) in [5.74, 6) is -0.367. The summed E-state index contributed by atoms with van der Waals surface area (Å²) in [4.78, 5) is 30.0. The van der Waals surface area contributed by atoms with E-state index in [0.29, 0.717) is 43.4 Å². The van der Waals surface area contributed by atoms with Crippen LogP contribution in [0.25, 0.3) is 5.76 Å². The number of benzene rings is 1. The van der Waals surface area contributed by atoms with Crippen LogP contribution in [0.1, 0.15) is 16.5 Å². The lowest BCUT2D eigenvalue weighted by atomic mass is 9.99. The molecule has 3 heterocycles. The maximum absolute atomic E-state index is 12.9. The lowest BCUT2D eigenvalue weighted by molar-refractivity contribution is -0.140. The fourth-order valence-electron chi connectivity index (χ4n) is 3.51. The van der Waals surface area contributed by atoms with E-state index in [1.807, 2.05) is 36.5 Å². The lowest BCUT2D eigenvalue weighted by Gasteiger charge is -2.25. The van der Waals surface area contributed by atoms with E-state index in [1.54, 1.807) is 18.2 Å². The molecule has 8 heteroatoms. The molecule has 0 radical (unpaired) electrons. The van der Waals surface area contributed by atoms with Crippen LogP contribution in [0.15, 0.2) is 41.3 Å². The Kier molecular flexibility index (Phi) is 5.29. The Hall–Kier alpha value is -2.84. The summed E-state index contributed by atoms with van der Waals surface area (Å²) in [5.41, 5.74) is 0.522. The van der Waals surface area contributed by atoms with Crippen molar-refractivity contribution in [3.05, 3.63) is 51.7 Å². The molecule has 0 spiro atoms. The molecule has 1 atom stereocenters. The van der Waals surface area contributed by atoms with Crippen molar-refractivity contribution in [2.24, 2.45) is 0 Å². The smallest absolute Gasteiger partial charge is 0.295 e. The highest BCUT2D eigenvalue weighted by molar-refractivity contribution is 7.10. The number of likely N-dealkylation sites (tertiary alicyclic amines) is 1. The molecule has 0 unspecified atom stereocenters. The molecule has 7 nitrogen and oxygen atoms in total. The zero-order valence-corrected chi connectivity index (χ0v) is 17.1. The first-order chi connectivity index (χ1) is 14.0. The molecule has 2 aliphatic rings. The minimum atomic E-state index is -0.672. The van der Waals surface area contributed by atoms with Crippen LogP contribution in [0.2, 0.25) is 0 Å². The number of carbonyl (C=O) groups excluding carboxylic acids is 2. The standard InChI is InChI=1S/C21H22N2O5S/c1-22(2)7-8-23-18(16-4-3-11-29-16)17(20(25)21(23)26)19(24)13-5-6-14-15(12-13)28-10-9-27-14/h3-6,11-12,18,24H,7-10H2,1-2H3/b19-17+/t18-/m1/s1. The highest BCUT2D eigenvalue weighted by Gasteiger charge is 2.46. The number of rotatable bonds is 5. The molecule has 1 N–H and O–H groups in total. The Bertz CT molecular complexity index is 967. The summed E-state index contributed by atoms with van der Waals surface area (Å²) in [6, 6.07) is 8.15. The third kappa shape index (κ3) is 3.61. The average molecular weight is 414 g/mol. The van der Waals surface area contributed by atoms with Crippen LogP contribution in [0, 0.1) is 0 Å². The van der Waals surface area contributed by atoms with Gasteiger partial charge in [0.15, 0.2) is 11.5 Å². The molecule has 0 bridgehead atoms. The van der Waals surface area contributed by atoms with Crippen LogP contribution in [0.4, 0.5) is 0 Å². The predicted molar refractivity (Wildman–Crippen MR) is 109 cm³/mol. The molecule has 1 aromatic carbocycles. The number of likely N-dealkylation sites (N-methyl/N-ethyl adjacent to an activating group) is 1. The summed E-state index contributed by atoms with van der Waals surface area (Å²) in [7, 11) is 3.82. The van der Waals surface area contributed by atoms with Gasteiger partial charge in [-0.05, 0) is 43.7 Å². The minimum Gasteiger partial charge on any atom is -0.507 e. The number of aliphatic hydroxyl groups is 1. The van der Waals surface area contributed by atoms with E-state index in [4.69, 9.17) is 9.47 Å². The van der Waals surface area contributed by atoms with Crippen LogP contribution >= 0.6 is 11.3 Å². The first-order valence-corrected chi connectivity index (χ1v) is 10.2. The lowest BCUT2D eigenvalue weighted by Crippen LogP contribution is -2.35. The molecular weight excluding hydrogens is 392 g/mol. The van der Waals surface area contributed by atoms with Gasteiger partial charge in [0, 0.05) is 23.5 Å². The number of hydrogen-bond donors (Lipinski definition) is 1. The molecule has 4 rings (SSSR count). The number of hydrogen-bond acceptors (Lipinski definition) is 7. The molecule has 2 aliphatic heterocycles. The molecule has 1 amide bonds. The molecule has 1 fully saturated rings. The summed E-state index contributed by atoms with van der Waals surface area (Å²) in [6.45, 7) is 1.88. The van der Waals surface area contributed by atoms with Crippen molar-refractivity contribution >= 4 is 28.8 Å². The normalized spacial score (nSPS) is 20.5. The van der Waals surface area contributed by atoms with E-state index < -0.39 is 17.7 Å². The number of nitrogens with zero attached hydrogens (tertiary/aromatic N) is 2. The second-order valence-corrected chi connectivity index (χ2v) is 8.15. The van der Waals surface area contributed by atoms with E-state index in [1.165, 1.54) is 16.2 Å². The molecule has 0 saturated carbocycles. The molecular formula is C21H22N2O5S. The number of thiophene rings is 1. The molecule has 152 valence electrons. The van der Waals surface area contributed by atoms with E-state index in [2.05, 4.69) is 0 Å². The number of ketones is 1. The number of carbonyl (C=O) groups is 2. The highest BCUT2D eigenvalue weighted by atomic mass is 32.1. The number of Topliss-reactive ketones (excluding diaryl/α,β-unsaturated/α-hetero) is 1. The van der Waals surface area contributed by atoms with Crippen LogP contribution in [-0.2, 0) is 9.59 Å². The monoisotopic (exact) mass is 414 g/mol. The van der Waals surface area contributed by atoms with Crippen molar-refractivity contribution in [2.45, 2.75) is 6.04 Å². The molecule has 0 aliphatic carbocycles. The fraction of sp³-hybridized carbons (Fsp3) is 0.333. The van der Waals surface area contributed by atoms with Gasteiger partial charge in [-0.3, -0.25) is 9.59 Å². The first-order valence-electron chi connectivity index (χ1n) is 9.34. The molecule has 2 aromatic rings. The van der Waals surface area contributed by atoms with Crippen molar-refractivity contribution in [1.29, 1.82) is 0 Å². The van der Waals surface area contributed by atoms with Crippen molar-refractivity contribution in [3.63, 3.8) is 0 Å². The van der Waals surface area contributed by atoms with Gasteiger partial charge in [0.05, 0.1) is 11.6 Å².